The first-order valence-electron chi connectivity index (χ1n) is 4.25. The van der Waals surface area contributed by atoms with Crippen molar-refractivity contribution < 1.29 is 9.90 Å². The Kier molecular flexibility index (Phi) is 3.74. The molecule has 1 aromatic carbocycles. The third-order valence-corrected chi connectivity index (χ3v) is 2.14. The van der Waals surface area contributed by atoms with Gasteiger partial charge < -0.3 is 10.4 Å². The molecule has 0 aliphatic rings. The average Bonchev–Trinajstić information content (AvgIpc) is 2.07. The van der Waals surface area contributed by atoms with Gasteiger partial charge in [0.1, 0.15) is 0 Å². The maximum absolute atomic E-state index is 10.8. The van der Waals surface area contributed by atoms with E-state index in [9.17, 15) is 4.79 Å². The minimum atomic E-state index is -0.882. The minimum absolute atomic E-state index is 0.275. The molecule has 2 N–H and O–H groups in total. The first-order valence-corrected chi connectivity index (χ1v) is 5.50. The average molecular weight is 305 g/mol. The number of nitrogens with one attached hydrogen (secondary N) is 1. The Morgan fingerprint density at radius 2 is 2.21 bits per heavy atom. The molecule has 0 radical (unpaired) electrons. The Morgan fingerprint density at radius 1 is 1.57 bits per heavy atom. The van der Waals surface area contributed by atoms with Crippen LogP contribution < -0.4 is 5.32 Å². The van der Waals surface area contributed by atoms with E-state index in [-0.39, 0.29) is 4.05 Å². The lowest BCUT2D eigenvalue weighted by Crippen LogP contribution is -2.08. The zero-order chi connectivity index (χ0) is 10.7. The van der Waals surface area contributed by atoms with Crippen LogP contribution in [0.1, 0.15) is 22.8 Å². The van der Waals surface area contributed by atoms with Crippen molar-refractivity contribution in [2.75, 3.05) is 5.32 Å². The number of carboxylic acid groups (broad SMARTS) is 1. The third kappa shape index (κ3) is 2.87. The van der Waals surface area contributed by atoms with Crippen LogP contribution in [0.5, 0.6) is 0 Å². The Hall–Kier alpha value is -0.780. The van der Waals surface area contributed by atoms with Crippen LogP contribution in [0.2, 0.25) is 0 Å². The number of carboxylic acids is 1. The van der Waals surface area contributed by atoms with E-state index in [0.717, 1.165) is 11.3 Å². The molecule has 0 amide bonds. The lowest BCUT2D eigenvalue weighted by Gasteiger charge is -2.10. The molecule has 76 valence electrons. The van der Waals surface area contributed by atoms with Crippen molar-refractivity contribution in [3.05, 3.63) is 29.3 Å². The first-order chi connectivity index (χ1) is 6.50. The van der Waals surface area contributed by atoms with Crippen LogP contribution in [0.25, 0.3) is 0 Å². The molecule has 0 aromatic heterocycles. The fourth-order valence-electron chi connectivity index (χ4n) is 1.17. The SMILES string of the molecule is Cc1ccc(NC(C)I)cc1C(=O)O. The van der Waals surface area contributed by atoms with E-state index in [4.69, 9.17) is 5.11 Å². The second-order valence-electron chi connectivity index (χ2n) is 3.10. The highest BCUT2D eigenvalue weighted by Gasteiger charge is 2.07. The van der Waals surface area contributed by atoms with Crippen LogP contribution in [0.3, 0.4) is 0 Å². The van der Waals surface area contributed by atoms with E-state index in [1.165, 1.54) is 0 Å². The van der Waals surface area contributed by atoms with Gasteiger partial charge in [-0.05, 0) is 31.5 Å². The van der Waals surface area contributed by atoms with Crippen LogP contribution in [0.4, 0.5) is 5.69 Å². The van der Waals surface area contributed by atoms with Crippen LogP contribution in [0.15, 0.2) is 18.2 Å². The van der Waals surface area contributed by atoms with Gasteiger partial charge in [-0.25, -0.2) is 4.79 Å². The molecule has 3 nitrogen and oxygen atoms in total. The number of halogens is 1. The number of aryl methyl sites for hydroxylation is 1. The minimum Gasteiger partial charge on any atom is -0.478 e. The predicted molar refractivity (Wildman–Crippen MR) is 65.2 cm³/mol. The van der Waals surface area contributed by atoms with Crippen molar-refractivity contribution >= 4 is 34.2 Å². The summed E-state index contributed by atoms with van der Waals surface area (Å²) in [6, 6.07) is 5.36. The highest BCUT2D eigenvalue weighted by molar-refractivity contribution is 14.1. The van der Waals surface area contributed by atoms with Crippen molar-refractivity contribution in [2.45, 2.75) is 17.9 Å². The standard InChI is InChI=1S/C10H12INO2/c1-6-3-4-8(12-7(2)11)5-9(6)10(13)14/h3-5,7,12H,1-2H3,(H,13,14). The highest BCUT2D eigenvalue weighted by atomic mass is 127. The predicted octanol–water partition coefficient (Wildman–Crippen LogP) is 2.89. The lowest BCUT2D eigenvalue weighted by molar-refractivity contribution is 0.0696. The summed E-state index contributed by atoms with van der Waals surface area (Å²) in [7, 11) is 0. The summed E-state index contributed by atoms with van der Waals surface area (Å²) in [5.41, 5.74) is 1.98. The van der Waals surface area contributed by atoms with Gasteiger partial charge >= 0.3 is 5.97 Å². The van der Waals surface area contributed by atoms with Crippen molar-refractivity contribution in [1.82, 2.24) is 0 Å². The smallest absolute Gasteiger partial charge is 0.336 e. The molecule has 1 unspecified atom stereocenters. The second-order valence-corrected chi connectivity index (χ2v) is 4.96. The number of anilines is 1. The number of hydrogen-bond acceptors (Lipinski definition) is 2. The van der Waals surface area contributed by atoms with Gasteiger partial charge in [0.15, 0.2) is 0 Å². The Morgan fingerprint density at radius 3 is 2.71 bits per heavy atom. The summed E-state index contributed by atoms with van der Waals surface area (Å²) in [6.07, 6.45) is 0. The van der Waals surface area contributed by atoms with Gasteiger partial charge in [-0.1, -0.05) is 28.7 Å². The molecule has 0 heterocycles. The van der Waals surface area contributed by atoms with Gasteiger partial charge in [0.2, 0.25) is 0 Å². The maximum Gasteiger partial charge on any atom is 0.336 e. The molecule has 0 spiro atoms. The van der Waals surface area contributed by atoms with Gasteiger partial charge in [0.05, 0.1) is 9.61 Å². The quantitative estimate of drug-likeness (QED) is 0.513. The molecule has 0 fully saturated rings. The Bertz CT molecular complexity index is 350. The van der Waals surface area contributed by atoms with E-state index in [2.05, 4.69) is 27.9 Å². The van der Waals surface area contributed by atoms with E-state index in [1.54, 1.807) is 13.0 Å². The molecule has 0 aliphatic carbocycles. The number of carbonyl (C=O) groups is 1. The molecule has 0 aliphatic heterocycles. The zero-order valence-corrected chi connectivity index (χ0v) is 10.2. The molecular formula is C10H12INO2. The summed E-state index contributed by atoms with van der Waals surface area (Å²) < 4.78 is 0.275. The molecule has 0 saturated heterocycles. The monoisotopic (exact) mass is 305 g/mol. The number of aromatic carboxylic acids is 1. The molecule has 1 aromatic rings. The highest BCUT2D eigenvalue weighted by Crippen LogP contribution is 2.17. The van der Waals surface area contributed by atoms with Gasteiger partial charge in [0, 0.05) is 5.69 Å². The molecule has 0 bridgehead atoms. The second kappa shape index (κ2) is 4.63. The summed E-state index contributed by atoms with van der Waals surface area (Å²) >= 11 is 2.23. The van der Waals surface area contributed by atoms with Gasteiger partial charge in [-0.2, -0.15) is 0 Å². The van der Waals surface area contributed by atoms with Crippen LogP contribution in [-0.4, -0.2) is 15.1 Å². The van der Waals surface area contributed by atoms with Crippen LogP contribution in [-0.2, 0) is 0 Å². The fourth-order valence-corrected chi connectivity index (χ4v) is 1.53. The number of benzene rings is 1. The summed E-state index contributed by atoms with van der Waals surface area (Å²) in [4.78, 5) is 10.8. The topological polar surface area (TPSA) is 49.3 Å². The van der Waals surface area contributed by atoms with E-state index in [0.29, 0.717) is 5.56 Å². The fraction of sp³-hybridized carbons (Fsp3) is 0.300. The number of hydrogen-bond donors (Lipinski definition) is 2. The van der Waals surface area contributed by atoms with Crippen molar-refractivity contribution in [3.63, 3.8) is 0 Å². The third-order valence-electron chi connectivity index (χ3n) is 1.83. The number of rotatable bonds is 3. The Labute approximate surface area is 96.7 Å². The number of alkyl halides is 1. The van der Waals surface area contributed by atoms with Gasteiger partial charge in [-0.15, -0.1) is 0 Å². The van der Waals surface area contributed by atoms with E-state index in [1.807, 2.05) is 19.1 Å². The van der Waals surface area contributed by atoms with Crippen LogP contribution in [0, 0.1) is 6.92 Å². The van der Waals surface area contributed by atoms with Crippen molar-refractivity contribution in [1.29, 1.82) is 0 Å². The Balaban J connectivity index is 3.00. The van der Waals surface area contributed by atoms with E-state index >= 15 is 0 Å². The molecule has 0 saturated carbocycles. The summed E-state index contributed by atoms with van der Waals surface area (Å²) in [5.74, 6) is -0.882. The molecule has 1 rings (SSSR count). The molecular weight excluding hydrogens is 293 g/mol. The first kappa shape index (κ1) is 11.3. The molecule has 1 atom stereocenters. The van der Waals surface area contributed by atoms with Crippen molar-refractivity contribution in [2.24, 2.45) is 0 Å². The molecule has 4 heteroatoms. The maximum atomic E-state index is 10.8. The summed E-state index contributed by atoms with van der Waals surface area (Å²) in [6.45, 7) is 3.79. The van der Waals surface area contributed by atoms with Crippen molar-refractivity contribution in [3.8, 4) is 0 Å². The van der Waals surface area contributed by atoms with Gasteiger partial charge in [0.25, 0.3) is 0 Å². The normalized spacial score (nSPS) is 12.2. The lowest BCUT2D eigenvalue weighted by atomic mass is 10.1. The summed E-state index contributed by atoms with van der Waals surface area (Å²) in [5, 5.41) is 12.0. The molecule has 14 heavy (non-hydrogen) atoms. The van der Waals surface area contributed by atoms with Crippen LogP contribution >= 0.6 is 22.6 Å². The van der Waals surface area contributed by atoms with E-state index < -0.39 is 5.97 Å². The largest absolute Gasteiger partial charge is 0.478 e. The van der Waals surface area contributed by atoms with Gasteiger partial charge in [-0.3, -0.25) is 0 Å². The zero-order valence-electron chi connectivity index (χ0n) is 8.04.